The van der Waals surface area contributed by atoms with E-state index >= 15 is 0 Å². The van der Waals surface area contributed by atoms with E-state index < -0.39 is 20.0 Å². The van der Waals surface area contributed by atoms with Crippen molar-refractivity contribution in [1.29, 1.82) is 0 Å². The summed E-state index contributed by atoms with van der Waals surface area (Å²) in [6.07, 6.45) is 0. The van der Waals surface area contributed by atoms with Crippen LogP contribution < -0.4 is 0 Å². The van der Waals surface area contributed by atoms with Gasteiger partial charge in [0, 0.05) is 76.3 Å². The van der Waals surface area contributed by atoms with E-state index in [2.05, 4.69) is 74.5 Å². The van der Waals surface area contributed by atoms with Gasteiger partial charge in [-0.1, -0.05) is 71.8 Å². The zero-order valence-corrected chi connectivity index (χ0v) is 35.6. The summed E-state index contributed by atoms with van der Waals surface area (Å²) in [6.45, 7) is 9.29. The lowest BCUT2D eigenvalue weighted by Gasteiger charge is -2.16. The van der Waals surface area contributed by atoms with Crippen molar-refractivity contribution in [2.75, 3.05) is 0 Å². The molecule has 0 radical (unpaired) electrons. The normalized spacial score (nSPS) is 17.6. The lowest BCUT2D eigenvalue weighted by atomic mass is 9.94. The molecule has 58 heavy (non-hydrogen) atoms. The summed E-state index contributed by atoms with van der Waals surface area (Å²) in [4.78, 5) is 0.605. The first-order valence-corrected chi connectivity index (χ1v) is 23.9. The SMILES string of the molecule is Cc1ccc(S(=O)(=O)N2Cc3c(C)cc4/c(c3C2)=c2\c(sc3ccccc23)=c2\cc(C)c3c(\c2=c2\c=4sc4ccccc24)CN(S(=O)(=O)c2ccc(C)cc2)C3)cc1. The van der Waals surface area contributed by atoms with Crippen molar-refractivity contribution in [3.63, 3.8) is 0 Å². The first-order valence-electron chi connectivity index (χ1n) is 19.4. The average Bonchev–Trinajstić information content (AvgIpc) is 4.02. The predicted molar refractivity (Wildman–Crippen MR) is 232 cm³/mol. The number of hydrogen-bond donors (Lipinski definition) is 0. The molecule has 0 amide bonds. The second kappa shape index (κ2) is 12.8. The lowest BCUT2D eigenvalue weighted by molar-refractivity contribution is 0.430. The predicted octanol–water partition coefficient (Wildman–Crippen LogP) is 10.2. The standard InChI is InChI=1S/C48H38N2O4S4/c1-27-13-17-31(18-14-27)57(51,52)49-23-37-29(3)21-35-43(39(37)25-49)45-33-9-5-7-11-41(33)56-48(45)36-22-30(4)38-24-50(58(53,54)32-19-15-28(2)16-20-32)26-40(38)44(36)46-34-10-6-8-12-42(34)55-47(35)46/h5-22H,23-26H2,1-4H3/b45-43+,46-44+,47-35+,48-36+. The Morgan fingerprint density at radius 2 is 0.810 bits per heavy atom. The summed E-state index contributed by atoms with van der Waals surface area (Å²) in [5, 5.41) is 8.87. The lowest BCUT2D eigenvalue weighted by Crippen LogP contribution is -2.25. The molecule has 0 saturated heterocycles. The quantitative estimate of drug-likeness (QED) is 0.177. The molecule has 0 unspecified atom stereocenters. The Balaban J connectivity index is 1.33. The van der Waals surface area contributed by atoms with Crippen LogP contribution >= 0.6 is 22.7 Å². The van der Waals surface area contributed by atoms with Crippen molar-refractivity contribution in [3.05, 3.63) is 194 Å². The highest BCUT2D eigenvalue weighted by molar-refractivity contribution is 7.89. The molecule has 0 fully saturated rings. The summed E-state index contributed by atoms with van der Waals surface area (Å²) in [5.74, 6) is 0. The molecular formula is C48H38N2O4S4. The van der Waals surface area contributed by atoms with Crippen LogP contribution in [0.3, 0.4) is 0 Å². The Bertz CT molecular complexity index is 3520. The van der Waals surface area contributed by atoms with E-state index in [1.165, 1.54) is 0 Å². The molecule has 11 rings (SSSR count). The molecule has 2 aliphatic heterocycles. The molecule has 0 N–H and O–H groups in total. The molecule has 288 valence electrons. The van der Waals surface area contributed by atoms with Crippen LogP contribution in [0.25, 0.3) is 20.2 Å². The molecule has 0 spiro atoms. The summed E-state index contributed by atoms with van der Waals surface area (Å²) in [5.41, 5.74) is 8.36. The van der Waals surface area contributed by atoms with E-state index in [0.717, 1.165) is 105 Å². The maximum Gasteiger partial charge on any atom is 0.243 e. The van der Waals surface area contributed by atoms with Crippen molar-refractivity contribution < 1.29 is 16.8 Å². The molecule has 0 saturated carbocycles. The molecule has 3 aliphatic rings. The molecule has 8 aromatic rings. The van der Waals surface area contributed by atoms with Gasteiger partial charge in [0.2, 0.25) is 20.0 Å². The Labute approximate surface area is 344 Å². The number of benzene rings is 6. The van der Waals surface area contributed by atoms with Gasteiger partial charge < -0.3 is 0 Å². The van der Waals surface area contributed by atoms with Crippen LogP contribution in [0.15, 0.2) is 119 Å². The number of aryl methyl sites for hydroxylation is 4. The van der Waals surface area contributed by atoms with Gasteiger partial charge in [-0.3, -0.25) is 0 Å². The minimum absolute atomic E-state index is 0.265. The van der Waals surface area contributed by atoms with Crippen LogP contribution in [0, 0.1) is 68.1 Å². The summed E-state index contributed by atoms with van der Waals surface area (Å²) in [7, 11) is -7.57. The van der Waals surface area contributed by atoms with Gasteiger partial charge in [-0.2, -0.15) is 8.61 Å². The largest absolute Gasteiger partial charge is 0.243 e. The zero-order chi connectivity index (χ0) is 39.8. The van der Waals surface area contributed by atoms with E-state index in [1.54, 1.807) is 55.5 Å². The van der Waals surface area contributed by atoms with Gasteiger partial charge in [-0.25, -0.2) is 16.8 Å². The van der Waals surface area contributed by atoms with E-state index in [9.17, 15) is 16.8 Å². The number of sulfonamides is 2. The van der Waals surface area contributed by atoms with Crippen molar-refractivity contribution >= 4 is 62.9 Å². The minimum Gasteiger partial charge on any atom is -0.207 e. The number of thiophene rings is 2. The van der Waals surface area contributed by atoms with Crippen molar-refractivity contribution in [1.82, 2.24) is 8.61 Å². The first kappa shape index (κ1) is 36.2. The summed E-state index contributed by atoms with van der Waals surface area (Å²) < 4.78 is 65.2. The number of rotatable bonds is 4. The molecule has 1 aliphatic carbocycles. The highest BCUT2D eigenvalue weighted by atomic mass is 32.2. The Hall–Kier alpha value is -4.94. The molecule has 2 aromatic heterocycles. The smallest absolute Gasteiger partial charge is 0.207 e. The third-order valence-electron chi connectivity index (χ3n) is 12.4. The van der Waals surface area contributed by atoms with Crippen LogP contribution in [-0.2, 0) is 46.2 Å². The fourth-order valence-corrected chi connectivity index (χ4v) is 14.6. The molecule has 0 bridgehead atoms. The molecule has 4 heterocycles. The molecule has 6 nitrogen and oxygen atoms in total. The van der Waals surface area contributed by atoms with Crippen LogP contribution in [0.2, 0.25) is 0 Å². The highest BCUT2D eigenvalue weighted by Gasteiger charge is 2.35. The van der Waals surface area contributed by atoms with Crippen LogP contribution in [0.5, 0.6) is 0 Å². The number of nitrogens with zero attached hydrogens (tertiary/aromatic N) is 2. The maximum atomic E-state index is 14.3. The van der Waals surface area contributed by atoms with Gasteiger partial charge in [0.05, 0.1) is 9.79 Å². The van der Waals surface area contributed by atoms with E-state index in [-0.39, 0.29) is 13.1 Å². The first-order chi connectivity index (χ1) is 27.9. The second-order valence-electron chi connectivity index (χ2n) is 15.9. The van der Waals surface area contributed by atoms with Crippen LogP contribution in [-0.4, -0.2) is 25.4 Å². The zero-order valence-electron chi connectivity index (χ0n) is 32.4. The van der Waals surface area contributed by atoms with Gasteiger partial charge in [-0.15, -0.1) is 22.7 Å². The van der Waals surface area contributed by atoms with Crippen LogP contribution in [0.4, 0.5) is 0 Å². The highest BCUT2D eigenvalue weighted by Crippen LogP contribution is 2.40. The minimum atomic E-state index is -3.79. The Morgan fingerprint density at radius 1 is 0.448 bits per heavy atom. The van der Waals surface area contributed by atoms with Gasteiger partial charge in [0.15, 0.2) is 0 Å². The topological polar surface area (TPSA) is 74.8 Å². The van der Waals surface area contributed by atoms with Crippen LogP contribution in [0.1, 0.15) is 44.5 Å². The van der Waals surface area contributed by atoms with Crippen molar-refractivity contribution in [3.8, 4) is 0 Å². The van der Waals surface area contributed by atoms with E-state index in [0.29, 0.717) is 22.9 Å². The van der Waals surface area contributed by atoms with Crippen molar-refractivity contribution in [2.45, 2.75) is 63.7 Å². The fourth-order valence-electron chi connectivity index (χ4n) is 9.42. The molecular weight excluding hydrogens is 797 g/mol. The van der Waals surface area contributed by atoms with E-state index in [4.69, 9.17) is 0 Å². The maximum absolute atomic E-state index is 14.3. The number of hydrogen-bond acceptors (Lipinski definition) is 6. The third kappa shape index (κ3) is 5.19. The molecule has 6 aromatic carbocycles. The fraction of sp³-hybridized carbons (Fsp3) is 0.167. The Kier molecular flexibility index (Phi) is 7.97. The van der Waals surface area contributed by atoms with Gasteiger partial charge >= 0.3 is 0 Å². The monoisotopic (exact) mass is 834 g/mol. The molecule has 0 atom stereocenters. The van der Waals surface area contributed by atoms with Gasteiger partial charge in [0.25, 0.3) is 0 Å². The number of fused-ring (bicyclic) bond motifs is 12. The van der Waals surface area contributed by atoms with Gasteiger partial charge in [0.1, 0.15) is 0 Å². The van der Waals surface area contributed by atoms with E-state index in [1.807, 2.05) is 38.1 Å². The third-order valence-corrected chi connectivity index (χ3v) is 18.4. The summed E-state index contributed by atoms with van der Waals surface area (Å²) in [6, 6.07) is 35.9. The summed E-state index contributed by atoms with van der Waals surface area (Å²) >= 11 is 3.53. The van der Waals surface area contributed by atoms with Crippen molar-refractivity contribution in [2.24, 2.45) is 0 Å². The second-order valence-corrected chi connectivity index (χ2v) is 21.9. The average molecular weight is 835 g/mol. The Morgan fingerprint density at radius 3 is 1.21 bits per heavy atom. The molecule has 10 heteroatoms. The van der Waals surface area contributed by atoms with Gasteiger partial charge in [-0.05, 0) is 120 Å².